The molecule has 0 aromatic heterocycles. The maximum absolute atomic E-state index is 11.4. The molecule has 0 radical (unpaired) electrons. The highest BCUT2D eigenvalue weighted by atomic mass is 127. The van der Waals surface area contributed by atoms with E-state index in [2.05, 4.69) is 22.6 Å². The maximum atomic E-state index is 11.4. The molecule has 0 heterocycles. The number of hydrogen-bond donors (Lipinski definition) is 0. The summed E-state index contributed by atoms with van der Waals surface area (Å²) in [6.07, 6.45) is 0. The molecule has 4 heteroatoms. The Morgan fingerprint density at radius 1 is 1.64 bits per heavy atom. The van der Waals surface area contributed by atoms with Crippen molar-refractivity contribution in [1.29, 1.82) is 5.26 Å². The standard InChI is InChI=1S/C10H7ClINO/c1-6-2-7(12)3-8(9(6)5-13)10(14)4-11/h2-3H,4H2,1H3. The first-order chi connectivity index (χ1) is 6.60. The lowest BCUT2D eigenvalue weighted by atomic mass is 10.0. The fourth-order valence-electron chi connectivity index (χ4n) is 1.18. The smallest absolute Gasteiger partial charge is 0.178 e. The molecule has 0 bridgehead atoms. The number of benzene rings is 1. The minimum atomic E-state index is -0.204. The van der Waals surface area contributed by atoms with Crippen molar-refractivity contribution in [2.24, 2.45) is 0 Å². The predicted octanol–water partition coefficient (Wildman–Crippen LogP) is 2.89. The van der Waals surface area contributed by atoms with Crippen molar-refractivity contribution in [3.05, 3.63) is 32.4 Å². The number of ketones is 1. The number of hydrogen-bond acceptors (Lipinski definition) is 2. The minimum Gasteiger partial charge on any atom is -0.293 e. The van der Waals surface area contributed by atoms with E-state index in [0.29, 0.717) is 11.1 Å². The number of carbonyl (C=O) groups excluding carboxylic acids is 1. The average Bonchev–Trinajstić information content (AvgIpc) is 2.15. The van der Waals surface area contributed by atoms with Gasteiger partial charge in [0, 0.05) is 9.13 Å². The fraction of sp³-hybridized carbons (Fsp3) is 0.200. The number of nitrogens with zero attached hydrogens (tertiary/aromatic N) is 1. The highest BCUT2D eigenvalue weighted by Gasteiger charge is 2.13. The number of nitriles is 1. The summed E-state index contributed by atoms with van der Waals surface area (Å²) >= 11 is 7.57. The molecule has 0 amide bonds. The lowest BCUT2D eigenvalue weighted by Crippen LogP contribution is -2.05. The van der Waals surface area contributed by atoms with Gasteiger partial charge in [0.2, 0.25) is 0 Å². The molecule has 0 unspecified atom stereocenters. The van der Waals surface area contributed by atoms with Crippen molar-refractivity contribution in [3.8, 4) is 6.07 Å². The van der Waals surface area contributed by atoms with Crippen LogP contribution in [0.15, 0.2) is 12.1 Å². The lowest BCUT2D eigenvalue weighted by Gasteiger charge is -2.04. The Kier molecular flexibility index (Phi) is 3.90. The van der Waals surface area contributed by atoms with Gasteiger partial charge in [-0.05, 0) is 47.2 Å². The summed E-state index contributed by atoms with van der Waals surface area (Å²) in [6, 6.07) is 5.58. The first kappa shape index (κ1) is 11.5. The zero-order valence-electron chi connectivity index (χ0n) is 7.47. The molecule has 0 saturated carbocycles. The van der Waals surface area contributed by atoms with Crippen LogP contribution in [0, 0.1) is 21.8 Å². The second-order valence-electron chi connectivity index (χ2n) is 2.81. The summed E-state index contributed by atoms with van der Waals surface area (Å²) < 4.78 is 0.938. The summed E-state index contributed by atoms with van der Waals surface area (Å²) in [5.41, 5.74) is 1.66. The fourth-order valence-corrected chi connectivity index (χ4v) is 2.11. The molecule has 0 fully saturated rings. The molecule has 0 aliphatic carbocycles. The summed E-state index contributed by atoms with van der Waals surface area (Å²) in [4.78, 5) is 11.4. The SMILES string of the molecule is Cc1cc(I)cc(C(=O)CCl)c1C#N. The van der Waals surface area contributed by atoms with Crippen LogP contribution in [-0.4, -0.2) is 11.7 Å². The Hall–Kier alpha value is -0.600. The molecule has 0 N–H and O–H groups in total. The van der Waals surface area contributed by atoms with Gasteiger partial charge in [0.1, 0.15) is 6.07 Å². The zero-order valence-corrected chi connectivity index (χ0v) is 10.4. The topological polar surface area (TPSA) is 40.9 Å². The third-order valence-electron chi connectivity index (χ3n) is 1.83. The normalized spacial score (nSPS) is 9.57. The van der Waals surface area contributed by atoms with Gasteiger partial charge in [-0.2, -0.15) is 5.26 Å². The summed E-state index contributed by atoms with van der Waals surface area (Å²) in [5, 5.41) is 8.89. The summed E-state index contributed by atoms with van der Waals surface area (Å²) in [5.74, 6) is -0.293. The van der Waals surface area contributed by atoms with Gasteiger partial charge in [-0.15, -0.1) is 11.6 Å². The lowest BCUT2D eigenvalue weighted by molar-refractivity contribution is 0.102. The highest BCUT2D eigenvalue weighted by molar-refractivity contribution is 14.1. The van der Waals surface area contributed by atoms with Crippen molar-refractivity contribution >= 4 is 40.0 Å². The molecule has 0 saturated heterocycles. The van der Waals surface area contributed by atoms with Crippen LogP contribution in [0.5, 0.6) is 0 Å². The van der Waals surface area contributed by atoms with Crippen LogP contribution in [-0.2, 0) is 0 Å². The highest BCUT2D eigenvalue weighted by Crippen LogP contribution is 2.18. The van der Waals surface area contributed by atoms with Crippen LogP contribution in [0.3, 0.4) is 0 Å². The molecule has 0 aliphatic rings. The molecule has 1 rings (SSSR count). The first-order valence-electron chi connectivity index (χ1n) is 3.89. The van der Waals surface area contributed by atoms with Crippen molar-refractivity contribution in [2.45, 2.75) is 6.92 Å². The van der Waals surface area contributed by atoms with Crippen LogP contribution in [0.2, 0.25) is 0 Å². The molecular weight excluding hydrogens is 312 g/mol. The third-order valence-corrected chi connectivity index (χ3v) is 2.70. The van der Waals surface area contributed by atoms with E-state index in [1.165, 1.54) is 0 Å². The predicted molar refractivity (Wildman–Crippen MR) is 63.7 cm³/mol. The molecule has 14 heavy (non-hydrogen) atoms. The monoisotopic (exact) mass is 319 g/mol. The van der Waals surface area contributed by atoms with E-state index in [-0.39, 0.29) is 11.7 Å². The number of alkyl halides is 1. The Morgan fingerprint density at radius 3 is 2.79 bits per heavy atom. The van der Waals surface area contributed by atoms with E-state index in [1.807, 2.05) is 19.1 Å². The van der Waals surface area contributed by atoms with Crippen molar-refractivity contribution in [2.75, 3.05) is 5.88 Å². The van der Waals surface area contributed by atoms with Crippen molar-refractivity contribution < 1.29 is 4.79 Å². The second kappa shape index (κ2) is 4.76. The molecule has 0 atom stereocenters. The largest absolute Gasteiger partial charge is 0.293 e. The summed E-state index contributed by atoms with van der Waals surface area (Å²) in [7, 11) is 0. The zero-order chi connectivity index (χ0) is 10.7. The number of rotatable bonds is 2. The Labute approximate surface area is 101 Å². The molecule has 0 spiro atoms. The quantitative estimate of drug-likeness (QED) is 0.478. The van der Waals surface area contributed by atoms with E-state index in [9.17, 15) is 4.79 Å². The van der Waals surface area contributed by atoms with Crippen LogP contribution in [0.4, 0.5) is 0 Å². The van der Waals surface area contributed by atoms with Crippen LogP contribution >= 0.6 is 34.2 Å². The van der Waals surface area contributed by atoms with Crippen molar-refractivity contribution in [3.63, 3.8) is 0 Å². The van der Waals surface area contributed by atoms with Gasteiger partial charge in [-0.3, -0.25) is 4.79 Å². The van der Waals surface area contributed by atoms with Crippen LogP contribution in [0.1, 0.15) is 21.5 Å². The molecule has 1 aromatic rings. The van der Waals surface area contributed by atoms with Gasteiger partial charge in [0.15, 0.2) is 5.78 Å². The Bertz CT molecular complexity index is 423. The molecular formula is C10H7ClINO. The van der Waals surface area contributed by atoms with Crippen LogP contribution < -0.4 is 0 Å². The van der Waals surface area contributed by atoms with E-state index in [0.717, 1.165) is 9.13 Å². The number of aryl methyl sites for hydroxylation is 1. The van der Waals surface area contributed by atoms with E-state index in [1.54, 1.807) is 6.07 Å². The molecule has 0 aliphatic heterocycles. The Balaban J connectivity index is 3.41. The number of carbonyl (C=O) groups is 1. The Morgan fingerprint density at radius 2 is 2.29 bits per heavy atom. The van der Waals surface area contributed by atoms with E-state index >= 15 is 0 Å². The third kappa shape index (κ3) is 2.25. The minimum absolute atomic E-state index is 0.0891. The second-order valence-corrected chi connectivity index (χ2v) is 4.33. The van der Waals surface area contributed by atoms with Gasteiger partial charge < -0.3 is 0 Å². The van der Waals surface area contributed by atoms with Gasteiger partial charge >= 0.3 is 0 Å². The number of Topliss-reactive ketones (excluding diaryl/α,β-unsaturated/α-hetero) is 1. The van der Waals surface area contributed by atoms with Crippen molar-refractivity contribution in [1.82, 2.24) is 0 Å². The molecule has 1 aromatic carbocycles. The van der Waals surface area contributed by atoms with E-state index < -0.39 is 0 Å². The van der Waals surface area contributed by atoms with Gasteiger partial charge in [0.05, 0.1) is 11.4 Å². The molecule has 2 nitrogen and oxygen atoms in total. The molecule has 72 valence electrons. The van der Waals surface area contributed by atoms with Gasteiger partial charge in [-0.1, -0.05) is 0 Å². The summed E-state index contributed by atoms with van der Waals surface area (Å²) in [6.45, 7) is 1.81. The van der Waals surface area contributed by atoms with Gasteiger partial charge in [-0.25, -0.2) is 0 Å². The maximum Gasteiger partial charge on any atom is 0.178 e. The average molecular weight is 320 g/mol. The number of halogens is 2. The first-order valence-corrected chi connectivity index (χ1v) is 5.51. The van der Waals surface area contributed by atoms with Gasteiger partial charge in [0.25, 0.3) is 0 Å². The van der Waals surface area contributed by atoms with E-state index in [4.69, 9.17) is 16.9 Å². The van der Waals surface area contributed by atoms with Crippen LogP contribution in [0.25, 0.3) is 0 Å².